The highest BCUT2D eigenvalue weighted by atomic mass is 32.1. The molecule has 0 aliphatic carbocycles. The number of hydrogen-bond donors (Lipinski definition) is 1. The normalized spacial score (nSPS) is 17.2. The number of carbonyl (C=O) groups excluding carboxylic acids is 1. The summed E-state index contributed by atoms with van der Waals surface area (Å²) in [4.78, 5) is 21.0. The number of aromatic nitrogens is 1. The molecule has 0 unspecified atom stereocenters. The van der Waals surface area contributed by atoms with Gasteiger partial charge in [-0.3, -0.25) is 9.69 Å². The van der Waals surface area contributed by atoms with Crippen molar-refractivity contribution in [3.8, 4) is 0 Å². The Kier molecular flexibility index (Phi) is 5.60. The first-order valence-corrected chi connectivity index (χ1v) is 9.07. The molecule has 1 aliphatic heterocycles. The lowest BCUT2D eigenvalue weighted by molar-refractivity contribution is -0.120. The van der Waals surface area contributed by atoms with E-state index in [-0.39, 0.29) is 11.6 Å². The molecule has 1 aromatic heterocycles. The predicted octanol–water partition coefficient (Wildman–Crippen LogP) is 2.96. The van der Waals surface area contributed by atoms with Crippen molar-refractivity contribution in [2.24, 2.45) is 0 Å². The Morgan fingerprint density at radius 2 is 2.12 bits per heavy atom. The first kappa shape index (κ1) is 17.8. The van der Waals surface area contributed by atoms with Gasteiger partial charge in [0.2, 0.25) is 5.91 Å². The van der Waals surface area contributed by atoms with Gasteiger partial charge >= 0.3 is 0 Å². The second-order valence-electron chi connectivity index (χ2n) is 5.98. The smallest absolute Gasteiger partial charge is 0.241 e. The highest BCUT2D eigenvalue weighted by Crippen LogP contribution is 2.20. The second-order valence-corrected chi connectivity index (χ2v) is 6.85. The molecule has 1 N–H and O–H groups in total. The van der Waals surface area contributed by atoms with Crippen LogP contribution < -0.4 is 10.2 Å². The van der Waals surface area contributed by atoms with Crippen LogP contribution in [0, 0.1) is 11.6 Å². The molecule has 0 radical (unpaired) electrons. The Hall–Kier alpha value is -2.06. The minimum Gasteiger partial charge on any atom is -0.347 e. The molecule has 0 saturated carbocycles. The largest absolute Gasteiger partial charge is 0.347 e. The quantitative estimate of drug-likeness (QED) is 0.904. The van der Waals surface area contributed by atoms with Crippen LogP contribution in [0.5, 0.6) is 0 Å². The molecule has 0 spiro atoms. The van der Waals surface area contributed by atoms with Gasteiger partial charge in [0.1, 0.15) is 11.6 Å². The van der Waals surface area contributed by atoms with E-state index in [1.807, 2.05) is 5.38 Å². The van der Waals surface area contributed by atoms with E-state index in [0.717, 1.165) is 49.4 Å². The van der Waals surface area contributed by atoms with Crippen LogP contribution >= 0.6 is 11.3 Å². The lowest BCUT2D eigenvalue weighted by atomic mass is 10.2. The summed E-state index contributed by atoms with van der Waals surface area (Å²) < 4.78 is 26.9. The van der Waals surface area contributed by atoms with Crippen molar-refractivity contribution in [2.45, 2.75) is 19.4 Å². The van der Waals surface area contributed by atoms with Gasteiger partial charge in [0.25, 0.3) is 0 Å². The average Bonchev–Trinajstić information content (AvgIpc) is 3.02. The molecule has 1 aliphatic rings. The molecule has 1 fully saturated rings. The minimum absolute atomic E-state index is 0.129. The van der Waals surface area contributed by atoms with Gasteiger partial charge < -0.3 is 10.2 Å². The number of halogens is 2. The molecule has 25 heavy (non-hydrogen) atoms. The maximum Gasteiger partial charge on any atom is 0.241 e. The summed E-state index contributed by atoms with van der Waals surface area (Å²) in [6, 6.07) is 2.59. The number of amides is 1. The van der Waals surface area contributed by atoms with E-state index in [1.165, 1.54) is 0 Å². The fourth-order valence-corrected chi connectivity index (χ4v) is 3.58. The van der Waals surface area contributed by atoms with Gasteiger partial charge in [0, 0.05) is 43.8 Å². The standard InChI is InChI=1S/C17H20F2N4OS/c1-12(16(24)21-15-11-13(18)3-4-14(15)19)22-6-2-7-23(9-8-22)17-20-5-10-25-17/h3-5,10-12H,2,6-9H2,1H3,(H,21,24)/t12-/m0/s1. The van der Waals surface area contributed by atoms with Crippen molar-refractivity contribution in [1.82, 2.24) is 9.88 Å². The molecule has 1 saturated heterocycles. The van der Waals surface area contributed by atoms with E-state index >= 15 is 0 Å². The average molecular weight is 366 g/mol. The third kappa shape index (κ3) is 4.32. The van der Waals surface area contributed by atoms with Crippen LogP contribution in [0.4, 0.5) is 19.6 Å². The van der Waals surface area contributed by atoms with E-state index in [1.54, 1.807) is 24.5 Å². The Balaban J connectivity index is 1.61. The molecule has 1 atom stereocenters. The van der Waals surface area contributed by atoms with Crippen molar-refractivity contribution in [3.63, 3.8) is 0 Å². The topological polar surface area (TPSA) is 48.5 Å². The number of thiazole rings is 1. The summed E-state index contributed by atoms with van der Waals surface area (Å²) in [5, 5.41) is 5.42. The van der Waals surface area contributed by atoms with Crippen molar-refractivity contribution in [3.05, 3.63) is 41.4 Å². The number of anilines is 2. The molecule has 134 valence electrons. The van der Waals surface area contributed by atoms with Gasteiger partial charge in [-0.05, 0) is 25.5 Å². The van der Waals surface area contributed by atoms with Crippen LogP contribution in [0.1, 0.15) is 13.3 Å². The number of nitrogens with zero attached hydrogens (tertiary/aromatic N) is 3. The Morgan fingerprint density at radius 1 is 1.28 bits per heavy atom. The van der Waals surface area contributed by atoms with Crippen LogP contribution in [0.2, 0.25) is 0 Å². The molecule has 0 bridgehead atoms. The van der Waals surface area contributed by atoms with Gasteiger partial charge in [0.05, 0.1) is 11.7 Å². The van der Waals surface area contributed by atoms with Crippen molar-refractivity contribution in [1.29, 1.82) is 0 Å². The summed E-state index contributed by atoms with van der Waals surface area (Å²) >= 11 is 1.60. The van der Waals surface area contributed by atoms with Crippen LogP contribution in [-0.2, 0) is 4.79 Å². The summed E-state index contributed by atoms with van der Waals surface area (Å²) in [5.41, 5.74) is -0.129. The monoisotopic (exact) mass is 366 g/mol. The van der Waals surface area contributed by atoms with Crippen molar-refractivity contribution >= 4 is 28.1 Å². The maximum atomic E-state index is 13.7. The molecule has 3 rings (SSSR count). The van der Waals surface area contributed by atoms with E-state index in [2.05, 4.69) is 20.1 Å². The summed E-state index contributed by atoms with van der Waals surface area (Å²) in [6.45, 7) is 4.92. The maximum absolute atomic E-state index is 13.7. The molecule has 2 heterocycles. The van der Waals surface area contributed by atoms with Crippen molar-refractivity contribution in [2.75, 3.05) is 36.4 Å². The molecule has 8 heteroatoms. The SMILES string of the molecule is C[C@@H](C(=O)Nc1cc(F)ccc1F)N1CCCN(c2nccs2)CC1. The molecular weight excluding hydrogens is 346 g/mol. The molecule has 1 aromatic carbocycles. The molecule has 1 amide bonds. The van der Waals surface area contributed by atoms with Crippen LogP contribution in [0.25, 0.3) is 0 Å². The van der Waals surface area contributed by atoms with Gasteiger partial charge in [-0.25, -0.2) is 13.8 Å². The van der Waals surface area contributed by atoms with Gasteiger partial charge in [-0.1, -0.05) is 0 Å². The first-order chi connectivity index (χ1) is 12.0. The zero-order valence-corrected chi connectivity index (χ0v) is 14.7. The number of hydrogen-bond acceptors (Lipinski definition) is 5. The van der Waals surface area contributed by atoms with Gasteiger partial charge in [-0.2, -0.15) is 0 Å². The molecular formula is C17H20F2N4OS. The number of rotatable bonds is 4. The number of benzene rings is 1. The lowest BCUT2D eigenvalue weighted by Crippen LogP contribution is -2.44. The van der Waals surface area contributed by atoms with Crippen molar-refractivity contribution < 1.29 is 13.6 Å². The van der Waals surface area contributed by atoms with Crippen LogP contribution in [-0.4, -0.2) is 48.0 Å². The zero-order chi connectivity index (χ0) is 17.8. The van der Waals surface area contributed by atoms with E-state index in [4.69, 9.17) is 0 Å². The highest BCUT2D eigenvalue weighted by Gasteiger charge is 2.25. The Bertz CT molecular complexity index is 725. The summed E-state index contributed by atoms with van der Waals surface area (Å²) in [7, 11) is 0. The highest BCUT2D eigenvalue weighted by molar-refractivity contribution is 7.13. The lowest BCUT2D eigenvalue weighted by Gasteiger charge is -2.27. The Morgan fingerprint density at radius 3 is 2.88 bits per heavy atom. The second kappa shape index (κ2) is 7.88. The first-order valence-electron chi connectivity index (χ1n) is 8.19. The fourth-order valence-electron chi connectivity index (χ4n) is 2.88. The fraction of sp³-hybridized carbons (Fsp3) is 0.412. The third-order valence-corrected chi connectivity index (χ3v) is 5.17. The van der Waals surface area contributed by atoms with E-state index in [0.29, 0.717) is 6.54 Å². The van der Waals surface area contributed by atoms with E-state index in [9.17, 15) is 13.6 Å². The molecule has 2 aromatic rings. The van der Waals surface area contributed by atoms with Crippen LogP contribution in [0.3, 0.4) is 0 Å². The zero-order valence-electron chi connectivity index (χ0n) is 13.9. The molecule has 5 nitrogen and oxygen atoms in total. The van der Waals surface area contributed by atoms with Crippen LogP contribution in [0.15, 0.2) is 29.8 Å². The van der Waals surface area contributed by atoms with Gasteiger partial charge in [0.15, 0.2) is 5.13 Å². The van der Waals surface area contributed by atoms with Gasteiger partial charge in [-0.15, -0.1) is 11.3 Å². The summed E-state index contributed by atoms with van der Waals surface area (Å²) in [5.74, 6) is -1.57. The summed E-state index contributed by atoms with van der Waals surface area (Å²) in [6.07, 6.45) is 2.69. The number of carbonyl (C=O) groups is 1. The third-order valence-electron chi connectivity index (χ3n) is 4.33. The van der Waals surface area contributed by atoms with E-state index < -0.39 is 17.7 Å². The minimum atomic E-state index is -0.646. The Labute approximate surface area is 149 Å². The predicted molar refractivity (Wildman–Crippen MR) is 95.0 cm³/mol. The number of nitrogens with one attached hydrogen (secondary N) is 1.